The molecule has 0 aliphatic carbocycles. The van der Waals surface area contributed by atoms with Crippen molar-refractivity contribution in [3.05, 3.63) is 24.6 Å². The fourth-order valence-corrected chi connectivity index (χ4v) is 0.124. The molecule has 2 heteroatoms. The van der Waals surface area contributed by atoms with E-state index >= 15 is 0 Å². The van der Waals surface area contributed by atoms with Crippen molar-refractivity contribution in [2.24, 2.45) is 11.5 Å². The molecule has 4 N–H and O–H groups in total. The third kappa shape index (κ3) is 3.08. The van der Waals surface area contributed by atoms with Crippen LogP contribution in [0, 0.1) is 0 Å². The zero-order chi connectivity index (χ0) is 4.99. The Labute approximate surface area is 37.1 Å². The molecular weight excluding hydrogens is 76.1 g/mol. The molecule has 0 spiro atoms. The van der Waals surface area contributed by atoms with Gasteiger partial charge in [-0.05, 0) is 12.3 Å². The summed E-state index contributed by atoms with van der Waals surface area (Å²) in [5, 5.41) is 0. The third-order valence-electron chi connectivity index (χ3n) is 0.310. The highest BCUT2D eigenvalue weighted by molar-refractivity contribution is 5.07. The second-order valence-electron chi connectivity index (χ2n) is 0.934. The van der Waals surface area contributed by atoms with Gasteiger partial charge in [-0.25, -0.2) is 0 Å². The lowest BCUT2D eigenvalue weighted by Gasteiger charge is -1.78. The highest BCUT2D eigenvalue weighted by Gasteiger charge is 1.63. The summed E-state index contributed by atoms with van der Waals surface area (Å²) < 4.78 is 0. The summed E-state index contributed by atoms with van der Waals surface area (Å²) in [7, 11) is 0. The minimum Gasteiger partial charge on any atom is -0.405 e. The molecule has 0 aromatic heterocycles. The van der Waals surface area contributed by atoms with Crippen LogP contribution in [-0.4, -0.2) is 0 Å². The fraction of sp³-hybridized carbons (Fsp3) is 0. The Balaban J connectivity index is 3.30. The fourth-order valence-electron chi connectivity index (χ4n) is 0.124. The Morgan fingerprint density at radius 2 is 2.17 bits per heavy atom. The van der Waals surface area contributed by atoms with E-state index in [1.54, 1.807) is 0 Å². The van der Waals surface area contributed by atoms with Crippen molar-refractivity contribution in [2.45, 2.75) is 0 Å². The van der Waals surface area contributed by atoms with Crippen LogP contribution in [-0.2, 0) is 0 Å². The van der Waals surface area contributed by atoms with E-state index in [4.69, 9.17) is 11.5 Å². The van der Waals surface area contributed by atoms with E-state index in [1.807, 2.05) is 0 Å². The Morgan fingerprint density at radius 3 is 2.17 bits per heavy atom. The first-order valence-electron chi connectivity index (χ1n) is 1.60. The summed E-state index contributed by atoms with van der Waals surface area (Å²) in [6, 6.07) is 0. The first-order valence-corrected chi connectivity index (χ1v) is 1.60. The molecule has 0 bridgehead atoms. The lowest BCUT2D eigenvalue weighted by atomic mass is 10.5. The van der Waals surface area contributed by atoms with E-state index in [9.17, 15) is 0 Å². The number of hydrogen-bond acceptors (Lipinski definition) is 2. The number of nitrogens with two attached hydrogens (primary N) is 2. The van der Waals surface area contributed by atoms with Crippen LogP contribution in [0.25, 0.3) is 0 Å². The van der Waals surface area contributed by atoms with E-state index < -0.39 is 0 Å². The second-order valence-corrected chi connectivity index (χ2v) is 0.934. The van der Waals surface area contributed by atoms with Crippen LogP contribution < -0.4 is 11.5 Å². The van der Waals surface area contributed by atoms with Crippen molar-refractivity contribution >= 4 is 0 Å². The van der Waals surface area contributed by atoms with Crippen LogP contribution in [0.5, 0.6) is 0 Å². The molecular formula is C4H8N2. The van der Waals surface area contributed by atoms with Gasteiger partial charge in [-0.15, -0.1) is 0 Å². The maximum atomic E-state index is 5.04. The molecule has 0 aromatic rings. The predicted octanol–water partition coefficient (Wildman–Crippen LogP) is -0.0688. The number of rotatable bonds is 1. The van der Waals surface area contributed by atoms with Crippen LogP contribution >= 0.6 is 0 Å². The molecule has 0 fully saturated rings. The Kier molecular flexibility index (Phi) is 1.97. The van der Waals surface area contributed by atoms with Gasteiger partial charge in [0.25, 0.3) is 0 Å². The van der Waals surface area contributed by atoms with Crippen LogP contribution in [0.1, 0.15) is 0 Å². The van der Waals surface area contributed by atoms with E-state index in [-0.39, 0.29) is 0 Å². The Hall–Kier alpha value is -0.920. The minimum atomic E-state index is 0.484. The van der Waals surface area contributed by atoms with Gasteiger partial charge < -0.3 is 11.5 Å². The zero-order valence-electron chi connectivity index (χ0n) is 3.52. The van der Waals surface area contributed by atoms with Gasteiger partial charge in [0.05, 0.1) is 0 Å². The standard InChI is InChI=1S/C4H8N2/c1-4(6)2-3-5/h2-3H,1,5-6H2/b3-2-. The molecule has 0 radical (unpaired) electrons. The first-order chi connectivity index (χ1) is 2.77. The molecule has 0 atom stereocenters. The van der Waals surface area contributed by atoms with Crippen molar-refractivity contribution in [2.75, 3.05) is 0 Å². The first kappa shape index (κ1) is 5.08. The lowest BCUT2D eigenvalue weighted by Crippen LogP contribution is -1.89. The summed E-state index contributed by atoms with van der Waals surface area (Å²) in [5.41, 5.74) is 10.4. The smallest absolute Gasteiger partial charge is 0.0255 e. The molecule has 0 saturated heterocycles. The molecule has 0 unspecified atom stereocenters. The number of hydrogen-bond donors (Lipinski definition) is 2. The third-order valence-corrected chi connectivity index (χ3v) is 0.310. The molecule has 0 aliphatic rings. The monoisotopic (exact) mass is 84.1 g/mol. The van der Waals surface area contributed by atoms with Gasteiger partial charge in [-0.2, -0.15) is 0 Å². The SMILES string of the molecule is C=C(N)/C=C\N. The molecule has 0 aromatic carbocycles. The minimum absolute atomic E-state index is 0.484. The van der Waals surface area contributed by atoms with Gasteiger partial charge in [0.15, 0.2) is 0 Å². The summed E-state index contributed by atoms with van der Waals surface area (Å²) in [6.45, 7) is 3.36. The molecule has 0 saturated carbocycles. The maximum Gasteiger partial charge on any atom is 0.0255 e. The van der Waals surface area contributed by atoms with E-state index in [1.165, 1.54) is 12.3 Å². The van der Waals surface area contributed by atoms with E-state index in [2.05, 4.69) is 6.58 Å². The van der Waals surface area contributed by atoms with Crippen LogP contribution in [0.4, 0.5) is 0 Å². The second kappa shape index (κ2) is 2.33. The summed E-state index contributed by atoms with van der Waals surface area (Å²) in [5.74, 6) is 0. The largest absolute Gasteiger partial charge is 0.405 e. The van der Waals surface area contributed by atoms with Gasteiger partial charge in [-0.3, -0.25) is 0 Å². The Morgan fingerprint density at radius 1 is 1.67 bits per heavy atom. The van der Waals surface area contributed by atoms with Gasteiger partial charge in [-0.1, -0.05) is 6.58 Å². The molecule has 0 aliphatic heterocycles. The topological polar surface area (TPSA) is 52.0 Å². The van der Waals surface area contributed by atoms with Crippen molar-refractivity contribution in [3.63, 3.8) is 0 Å². The molecule has 2 nitrogen and oxygen atoms in total. The molecule has 6 heavy (non-hydrogen) atoms. The van der Waals surface area contributed by atoms with Gasteiger partial charge in [0.2, 0.25) is 0 Å². The van der Waals surface area contributed by atoms with Crippen LogP contribution in [0.3, 0.4) is 0 Å². The van der Waals surface area contributed by atoms with Crippen molar-refractivity contribution in [1.29, 1.82) is 0 Å². The summed E-state index contributed by atoms with van der Waals surface area (Å²) >= 11 is 0. The summed E-state index contributed by atoms with van der Waals surface area (Å²) in [4.78, 5) is 0. The van der Waals surface area contributed by atoms with E-state index in [0.29, 0.717) is 5.70 Å². The molecule has 0 heterocycles. The summed E-state index contributed by atoms with van der Waals surface area (Å²) in [6.07, 6.45) is 2.88. The lowest BCUT2D eigenvalue weighted by molar-refractivity contribution is 1.43. The average molecular weight is 84.1 g/mol. The average Bonchev–Trinajstić information content (AvgIpc) is 1.35. The van der Waals surface area contributed by atoms with Gasteiger partial charge >= 0.3 is 0 Å². The number of allylic oxidation sites excluding steroid dienone is 1. The normalized spacial score (nSPS) is 9.33. The van der Waals surface area contributed by atoms with Crippen LogP contribution in [0.2, 0.25) is 0 Å². The molecule has 34 valence electrons. The van der Waals surface area contributed by atoms with Crippen molar-refractivity contribution < 1.29 is 0 Å². The van der Waals surface area contributed by atoms with Gasteiger partial charge in [0.1, 0.15) is 0 Å². The predicted molar refractivity (Wildman–Crippen MR) is 26.7 cm³/mol. The zero-order valence-corrected chi connectivity index (χ0v) is 3.52. The van der Waals surface area contributed by atoms with Gasteiger partial charge in [0, 0.05) is 5.70 Å². The van der Waals surface area contributed by atoms with Crippen molar-refractivity contribution in [1.82, 2.24) is 0 Å². The Bertz CT molecular complexity index is 73.6. The van der Waals surface area contributed by atoms with Crippen LogP contribution in [0.15, 0.2) is 24.6 Å². The molecule has 0 rings (SSSR count). The highest BCUT2D eigenvalue weighted by atomic mass is 14.6. The quantitative estimate of drug-likeness (QED) is 0.437. The maximum absolute atomic E-state index is 5.04. The molecule has 0 amide bonds. The highest BCUT2D eigenvalue weighted by Crippen LogP contribution is 1.72. The van der Waals surface area contributed by atoms with E-state index in [0.717, 1.165) is 0 Å². The van der Waals surface area contributed by atoms with Crippen molar-refractivity contribution in [3.8, 4) is 0 Å².